The van der Waals surface area contributed by atoms with Crippen LogP contribution >= 0.6 is 0 Å². The van der Waals surface area contributed by atoms with Crippen LogP contribution in [0.1, 0.15) is 34.1 Å². The Hall–Kier alpha value is -4.15. The predicted octanol–water partition coefficient (Wildman–Crippen LogP) is 0.180. The van der Waals surface area contributed by atoms with Gasteiger partial charge in [-0.05, 0) is 24.3 Å². The van der Waals surface area contributed by atoms with Gasteiger partial charge in [-0.25, -0.2) is 0 Å². The molecule has 3 rings (SSSR count). The van der Waals surface area contributed by atoms with E-state index in [9.17, 15) is 24.3 Å². The molecule has 1 aromatic heterocycles. The highest BCUT2D eigenvalue weighted by atomic mass is 16.4. The molecule has 1 saturated heterocycles. The summed E-state index contributed by atoms with van der Waals surface area (Å²) in [6, 6.07) is 8.47. The van der Waals surface area contributed by atoms with Crippen molar-refractivity contribution < 1.29 is 28.7 Å². The average Bonchev–Trinajstić information content (AvgIpc) is 3.30. The van der Waals surface area contributed by atoms with Gasteiger partial charge in [-0.3, -0.25) is 24.6 Å². The van der Waals surface area contributed by atoms with Crippen LogP contribution in [0.2, 0.25) is 0 Å². The quantitative estimate of drug-likeness (QED) is 0.244. The topological polar surface area (TPSA) is 170 Å². The van der Waals surface area contributed by atoms with Gasteiger partial charge >= 0.3 is 17.8 Å². The molecule has 1 fully saturated rings. The Morgan fingerprint density at radius 1 is 1.12 bits per heavy atom. The fourth-order valence-corrected chi connectivity index (χ4v) is 3.42. The second kappa shape index (κ2) is 9.77. The largest absolute Gasteiger partial charge is 0.481 e. The first-order valence-electron chi connectivity index (χ1n) is 9.85. The average molecular weight is 441 g/mol. The summed E-state index contributed by atoms with van der Waals surface area (Å²) < 4.78 is 5.27. The van der Waals surface area contributed by atoms with Crippen LogP contribution in [0.4, 0.5) is 0 Å². The highest BCUT2D eigenvalue weighted by Gasteiger charge is 2.38. The van der Waals surface area contributed by atoms with E-state index in [1.165, 1.54) is 28.2 Å². The number of nitrogens with zero attached hydrogens (tertiary/aromatic N) is 2. The Morgan fingerprint density at radius 2 is 1.81 bits per heavy atom. The zero-order valence-electron chi connectivity index (χ0n) is 17.1. The molecule has 1 atom stereocenters. The Bertz CT molecular complexity index is 1020. The maximum Gasteiger partial charge on any atom is 0.312 e. The van der Waals surface area contributed by atoms with Crippen molar-refractivity contribution in [1.82, 2.24) is 15.1 Å². The Labute approximate surface area is 183 Å². The first-order chi connectivity index (χ1) is 15.3. The van der Waals surface area contributed by atoms with E-state index >= 15 is 0 Å². The third kappa shape index (κ3) is 5.12. The minimum absolute atomic E-state index is 0.100. The van der Waals surface area contributed by atoms with E-state index in [0.717, 1.165) is 0 Å². The number of carboxylic acid groups (broad SMARTS) is 1. The third-order valence-electron chi connectivity index (χ3n) is 5.08. The number of nitrogens with two attached hydrogens (primary N) is 1. The van der Waals surface area contributed by atoms with E-state index in [1.807, 2.05) is 0 Å². The van der Waals surface area contributed by atoms with E-state index in [-0.39, 0.29) is 44.3 Å². The van der Waals surface area contributed by atoms with Crippen molar-refractivity contribution >= 4 is 29.5 Å². The number of piperazine rings is 1. The van der Waals surface area contributed by atoms with Gasteiger partial charge in [-0.1, -0.05) is 12.1 Å². The van der Waals surface area contributed by atoms with Crippen molar-refractivity contribution in [3.05, 3.63) is 59.5 Å². The van der Waals surface area contributed by atoms with E-state index in [0.29, 0.717) is 16.9 Å². The molecule has 1 unspecified atom stereocenters. The molecule has 11 heteroatoms. The number of aliphatic carboxylic acids is 1. The number of hydrogen-bond acceptors (Lipinski definition) is 6. The van der Waals surface area contributed by atoms with Crippen molar-refractivity contribution in [3.8, 4) is 0 Å². The smallest absolute Gasteiger partial charge is 0.312 e. The predicted molar refractivity (Wildman–Crippen MR) is 112 cm³/mol. The Kier molecular flexibility index (Phi) is 6.88. The molecule has 0 radical (unpaired) electrons. The molecule has 0 aliphatic carbocycles. The lowest BCUT2D eigenvalue weighted by Crippen LogP contribution is -2.56. The fraction of sp³-hybridized carbons (Fsp3) is 0.286. The normalized spacial score (nSPS) is 14.9. The molecule has 0 saturated carbocycles. The first kappa shape index (κ1) is 22.5. The van der Waals surface area contributed by atoms with Crippen molar-refractivity contribution in [1.29, 1.82) is 5.41 Å². The zero-order chi connectivity index (χ0) is 23.3. The summed E-state index contributed by atoms with van der Waals surface area (Å²) in [5, 5.41) is 19.2. The number of rotatable bonds is 9. The molecule has 2 aromatic rings. The summed E-state index contributed by atoms with van der Waals surface area (Å²) >= 11 is 0. The summed E-state index contributed by atoms with van der Waals surface area (Å²) in [5.41, 5.74) is 6.26. The van der Waals surface area contributed by atoms with E-state index in [2.05, 4.69) is 5.32 Å². The minimum atomic E-state index is -1.12. The number of carboxylic acids is 1. The SMILES string of the molecule is N=C(N)c1ccc(C(=O)NCCN2CCN(C(CC(=O)O)c3ccco3)C(=O)C2=O)cc1. The van der Waals surface area contributed by atoms with Crippen LogP contribution in [-0.4, -0.2) is 70.6 Å². The summed E-state index contributed by atoms with van der Waals surface area (Å²) in [7, 11) is 0. The molecule has 1 aliphatic rings. The number of benzene rings is 1. The fourth-order valence-electron chi connectivity index (χ4n) is 3.42. The van der Waals surface area contributed by atoms with Gasteiger partial charge in [0.15, 0.2) is 0 Å². The molecule has 0 spiro atoms. The summed E-state index contributed by atoms with van der Waals surface area (Å²) in [4.78, 5) is 51.2. The number of amides is 3. The number of furan rings is 1. The molecular weight excluding hydrogens is 418 g/mol. The molecule has 1 aromatic carbocycles. The van der Waals surface area contributed by atoms with Gasteiger partial charge < -0.3 is 30.4 Å². The van der Waals surface area contributed by atoms with E-state index in [1.54, 1.807) is 24.3 Å². The van der Waals surface area contributed by atoms with Gasteiger partial charge in [-0.15, -0.1) is 0 Å². The number of carbonyl (C=O) groups excluding carboxylic acids is 3. The van der Waals surface area contributed by atoms with Crippen molar-refractivity contribution in [3.63, 3.8) is 0 Å². The van der Waals surface area contributed by atoms with Crippen LogP contribution < -0.4 is 11.1 Å². The van der Waals surface area contributed by atoms with Crippen LogP contribution in [0.25, 0.3) is 0 Å². The lowest BCUT2D eigenvalue weighted by Gasteiger charge is -2.37. The lowest BCUT2D eigenvalue weighted by atomic mass is 10.1. The molecule has 2 heterocycles. The van der Waals surface area contributed by atoms with E-state index < -0.39 is 23.8 Å². The first-order valence-corrected chi connectivity index (χ1v) is 9.85. The van der Waals surface area contributed by atoms with Crippen molar-refractivity contribution in [2.24, 2.45) is 5.73 Å². The molecule has 168 valence electrons. The van der Waals surface area contributed by atoms with Crippen LogP contribution in [0.15, 0.2) is 47.1 Å². The minimum Gasteiger partial charge on any atom is -0.481 e. The summed E-state index contributed by atoms with van der Waals surface area (Å²) in [5.74, 6) is -2.87. The highest BCUT2D eigenvalue weighted by Crippen LogP contribution is 2.27. The maximum absolute atomic E-state index is 12.6. The highest BCUT2D eigenvalue weighted by molar-refractivity contribution is 6.35. The third-order valence-corrected chi connectivity index (χ3v) is 5.08. The van der Waals surface area contributed by atoms with Crippen LogP contribution in [0.5, 0.6) is 0 Å². The number of carbonyl (C=O) groups is 4. The van der Waals surface area contributed by atoms with Crippen molar-refractivity contribution in [2.45, 2.75) is 12.5 Å². The molecular formula is C21H23N5O6. The van der Waals surface area contributed by atoms with Gasteiger partial charge in [0.1, 0.15) is 17.6 Å². The van der Waals surface area contributed by atoms with Gasteiger partial charge in [0.2, 0.25) is 0 Å². The van der Waals surface area contributed by atoms with Crippen LogP contribution in [0, 0.1) is 5.41 Å². The zero-order valence-corrected chi connectivity index (χ0v) is 17.1. The molecule has 1 aliphatic heterocycles. The van der Waals surface area contributed by atoms with Gasteiger partial charge in [0, 0.05) is 37.3 Å². The number of amidine groups is 1. The molecule has 0 bridgehead atoms. The standard InChI is InChI=1S/C21H23N5O6/c22-18(23)13-3-5-14(6-4-13)19(29)24-7-8-25-9-10-26(21(31)20(25)30)15(12-17(27)28)16-2-1-11-32-16/h1-6,11,15H,7-10,12H2,(H3,22,23)(H,24,29)(H,27,28). The van der Waals surface area contributed by atoms with Gasteiger partial charge in [0.05, 0.1) is 12.7 Å². The van der Waals surface area contributed by atoms with Crippen LogP contribution in [-0.2, 0) is 14.4 Å². The lowest BCUT2D eigenvalue weighted by molar-refractivity contribution is -0.159. The number of hydrogen-bond donors (Lipinski definition) is 4. The maximum atomic E-state index is 12.6. The summed E-state index contributed by atoms with van der Waals surface area (Å²) in [6.45, 7) is 0.595. The Morgan fingerprint density at radius 3 is 2.41 bits per heavy atom. The van der Waals surface area contributed by atoms with Gasteiger partial charge in [0.25, 0.3) is 5.91 Å². The molecule has 32 heavy (non-hydrogen) atoms. The van der Waals surface area contributed by atoms with Gasteiger partial charge in [-0.2, -0.15) is 0 Å². The number of nitrogens with one attached hydrogen (secondary N) is 2. The molecule has 5 N–H and O–H groups in total. The monoisotopic (exact) mass is 441 g/mol. The number of nitrogen functional groups attached to an aromatic ring is 1. The van der Waals surface area contributed by atoms with Crippen molar-refractivity contribution in [2.75, 3.05) is 26.2 Å². The van der Waals surface area contributed by atoms with E-state index in [4.69, 9.17) is 15.6 Å². The second-order valence-electron chi connectivity index (χ2n) is 7.17. The summed E-state index contributed by atoms with van der Waals surface area (Å²) in [6.07, 6.45) is 0.994. The molecule has 11 nitrogen and oxygen atoms in total. The van der Waals surface area contributed by atoms with Crippen LogP contribution in [0.3, 0.4) is 0 Å². The Balaban J connectivity index is 1.56. The molecule has 3 amide bonds. The second-order valence-corrected chi connectivity index (χ2v) is 7.17.